The Bertz CT molecular complexity index is 324. The lowest BCUT2D eigenvalue weighted by Gasteiger charge is -2.23. The second-order valence-electron chi connectivity index (χ2n) is 5.13. The molecule has 2 aliphatic rings. The first-order valence-corrected chi connectivity index (χ1v) is 6.74. The lowest BCUT2D eigenvalue weighted by atomic mass is 10.3. The third kappa shape index (κ3) is 3.13. The number of carbonyl (C=O) groups is 1. The van der Waals surface area contributed by atoms with Crippen LogP contribution in [0, 0.1) is 0 Å². The number of aliphatic imine (C=N–C) groups is 1. The van der Waals surface area contributed by atoms with E-state index in [2.05, 4.69) is 10.4 Å². The van der Waals surface area contributed by atoms with E-state index in [1.165, 1.54) is 12.8 Å². The van der Waals surface area contributed by atoms with Gasteiger partial charge in [0.25, 0.3) is 0 Å². The van der Waals surface area contributed by atoms with E-state index in [9.17, 15) is 4.79 Å². The van der Waals surface area contributed by atoms with Crippen molar-refractivity contribution in [2.75, 3.05) is 26.7 Å². The summed E-state index contributed by atoms with van der Waals surface area (Å²) in [4.78, 5) is 20.2. The van der Waals surface area contributed by atoms with Crippen molar-refractivity contribution in [1.82, 2.24) is 15.2 Å². The molecule has 0 bridgehead atoms. The first kappa shape index (κ1) is 13.1. The fourth-order valence-electron chi connectivity index (χ4n) is 2.58. The molecule has 1 saturated carbocycles. The van der Waals surface area contributed by atoms with Gasteiger partial charge in [-0.05, 0) is 19.3 Å². The van der Waals surface area contributed by atoms with Crippen LogP contribution in [0.4, 0.5) is 0 Å². The topological polar surface area (TPSA) is 74.0 Å². The van der Waals surface area contributed by atoms with Crippen LogP contribution in [-0.2, 0) is 4.79 Å². The summed E-state index contributed by atoms with van der Waals surface area (Å²) in [6.45, 7) is 1.99. The van der Waals surface area contributed by atoms with E-state index < -0.39 is 0 Å². The van der Waals surface area contributed by atoms with Crippen molar-refractivity contribution < 1.29 is 4.79 Å². The maximum atomic E-state index is 11.8. The summed E-state index contributed by atoms with van der Waals surface area (Å²) in [5.41, 5.74) is 2.67. The highest BCUT2D eigenvalue weighted by atomic mass is 16.2. The molecule has 3 N–H and O–H groups in total. The largest absolute Gasteiger partial charge is 0.344 e. The summed E-state index contributed by atoms with van der Waals surface area (Å²) in [5, 5.41) is 0. The first-order chi connectivity index (χ1) is 8.70. The smallest absolute Gasteiger partial charge is 0.241 e. The number of amides is 1. The van der Waals surface area contributed by atoms with Gasteiger partial charge in [0.2, 0.25) is 11.9 Å². The molecular weight excluding hydrogens is 230 g/mol. The second kappa shape index (κ2) is 6.04. The molecule has 102 valence electrons. The Morgan fingerprint density at radius 2 is 2.06 bits per heavy atom. The van der Waals surface area contributed by atoms with Crippen molar-refractivity contribution >= 4 is 11.9 Å². The van der Waals surface area contributed by atoms with Gasteiger partial charge in [-0.3, -0.25) is 10.2 Å². The number of hydrogen-bond acceptors (Lipinski definition) is 3. The Hall–Kier alpha value is -1.30. The molecule has 1 saturated heterocycles. The molecule has 0 radical (unpaired) electrons. The fourth-order valence-corrected chi connectivity index (χ4v) is 2.58. The van der Waals surface area contributed by atoms with E-state index in [0.29, 0.717) is 18.5 Å². The molecule has 0 aromatic heterocycles. The van der Waals surface area contributed by atoms with E-state index in [4.69, 9.17) is 5.84 Å². The number of guanidine groups is 1. The van der Waals surface area contributed by atoms with E-state index in [1.54, 1.807) is 4.90 Å². The number of hydrazine groups is 1. The number of rotatable bonds is 1. The molecule has 0 aromatic rings. The Balaban J connectivity index is 2.04. The molecule has 0 aromatic carbocycles. The molecule has 0 spiro atoms. The molecule has 18 heavy (non-hydrogen) atoms. The maximum Gasteiger partial charge on any atom is 0.241 e. The minimum Gasteiger partial charge on any atom is -0.344 e. The Kier molecular flexibility index (Phi) is 4.41. The Morgan fingerprint density at radius 3 is 2.72 bits per heavy atom. The quantitative estimate of drug-likeness (QED) is 0.296. The zero-order chi connectivity index (χ0) is 13.0. The van der Waals surface area contributed by atoms with Gasteiger partial charge < -0.3 is 9.80 Å². The SMILES string of the molecule is CN1CCCN(C(=NC2CCCC2)NN)CC1=O. The second-order valence-corrected chi connectivity index (χ2v) is 5.13. The number of hydrogen-bond donors (Lipinski definition) is 2. The summed E-state index contributed by atoms with van der Waals surface area (Å²) in [5.74, 6) is 6.36. The van der Waals surface area contributed by atoms with Crippen LogP contribution < -0.4 is 11.3 Å². The molecule has 1 aliphatic carbocycles. The molecule has 2 fully saturated rings. The van der Waals surface area contributed by atoms with Gasteiger partial charge in [0.15, 0.2) is 0 Å². The van der Waals surface area contributed by atoms with E-state index in [-0.39, 0.29) is 5.91 Å². The Labute approximate surface area is 108 Å². The van der Waals surface area contributed by atoms with Crippen LogP contribution in [0.2, 0.25) is 0 Å². The summed E-state index contributed by atoms with van der Waals surface area (Å²) in [6, 6.07) is 0.368. The number of nitrogens with zero attached hydrogens (tertiary/aromatic N) is 3. The molecule has 0 unspecified atom stereocenters. The maximum absolute atomic E-state index is 11.8. The monoisotopic (exact) mass is 253 g/mol. The lowest BCUT2D eigenvalue weighted by molar-refractivity contribution is -0.129. The van der Waals surface area contributed by atoms with E-state index in [0.717, 1.165) is 32.4 Å². The highest BCUT2D eigenvalue weighted by molar-refractivity contribution is 5.86. The van der Waals surface area contributed by atoms with Gasteiger partial charge in [-0.15, -0.1) is 0 Å². The standard InChI is InChI=1S/C12H23N5O/c1-16-7-4-8-17(9-11(16)18)12(15-13)14-10-5-2-3-6-10/h10H,2-9,13H2,1H3,(H,14,15). The third-order valence-corrected chi connectivity index (χ3v) is 3.73. The van der Waals surface area contributed by atoms with Crippen LogP contribution in [0.5, 0.6) is 0 Å². The summed E-state index contributed by atoms with van der Waals surface area (Å²) in [7, 11) is 1.84. The lowest BCUT2D eigenvalue weighted by Crippen LogP contribution is -2.48. The molecule has 0 atom stereocenters. The summed E-state index contributed by atoms with van der Waals surface area (Å²) >= 11 is 0. The van der Waals surface area contributed by atoms with Gasteiger partial charge in [0.05, 0.1) is 12.6 Å². The zero-order valence-corrected chi connectivity index (χ0v) is 11.1. The van der Waals surface area contributed by atoms with Crippen LogP contribution in [-0.4, -0.2) is 54.4 Å². The van der Waals surface area contributed by atoms with E-state index in [1.807, 2.05) is 11.9 Å². The summed E-state index contributed by atoms with van der Waals surface area (Å²) in [6.07, 6.45) is 5.70. The van der Waals surface area contributed by atoms with Crippen LogP contribution in [0.3, 0.4) is 0 Å². The van der Waals surface area contributed by atoms with Gasteiger partial charge in [-0.1, -0.05) is 12.8 Å². The zero-order valence-electron chi connectivity index (χ0n) is 11.1. The van der Waals surface area contributed by atoms with Crippen molar-refractivity contribution in [3.63, 3.8) is 0 Å². The fraction of sp³-hybridized carbons (Fsp3) is 0.833. The molecule has 1 amide bonds. The molecule has 1 heterocycles. The predicted octanol–water partition coefficient (Wildman–Crippen LogP) is -0.0876. The molecule has 1 aliphatic heterocycles. The molecule has 6 nitrogen and oxygen atoms in total. The first-order valence-electron chi connectivity index (χ1n) is 6.74. The minimum atomic E-state index is 0.127. The number of likely N-dealkylation sites (N-methyl/N-ethyl adjacent to an activating group) is 1. The van der Waals surface area contributed by atoms with Crippen LogP contribution in [0.15, 0.2) is 4.99 Å². The van der Waals surface area contributed by atoms with Crippen LogP contribution >= 0.6 is 0 Å². The number of nitrogens with two attached hydrogens (primary N) is 1. The van der Waals surface area contributed by atoms with Crippen molar-refractivity contribution in [3.8, 4) is 0 Å². The Morgan fingerprint density at radius 1 is 1.33 bits per heavy atom. The van der Waals surface area contributed by atoms with Crippen molar-refractivity contribution in [2.24, 2.45) is 10.8 Å². The number of nitrogens with one attached hydrogen (secondary N) is 1. The van der Waals surface area contributed by atoms with Gasteiger partial charge in [-0.25, -0.2) is 10.8 Å². The molecule has 2 rings (SSSR count). The molecule has 6 heteroatoms. The molecular formula is C12H23N5O. The van der Waals surface area contributed by atoms with E-state index >= 15 is 0 Å². The average molecular weight is 253 g/mol. The minimum absolute atomic E-state index is 0.127. The number of carbonyl (C=O) groups excluding carboxylic acids is 1. The van der Waals surface area contributed by atoms with Gasteiger partial charge in [0, 0.05) is 20.1 Å². The van der Waals surface area contributed by atoms with Crippen LogP contribution in [0.1, 0.15) is 32.1 Å². The predicted molar refractivity (Wildman–Crippen MR) is 70.8 cm³/mol. The van der Waals surface area contributed by atoms with Gasteiger partial charge in [-0.2, -0.15) is 0 Å². The highest BCUT2D eigenvalue weighted by Gasteiger charge is 2.23. The average Bonchev–Trinajstić information content (AvgIpc) is 2.81. The van der Waals surface area contributed by atoms with Crippen molar-refractivity contribution in [3.05, 3.63) is 0 Å². The van der Waals surface area contributed by atoms with Gasteiger partial charge >= 0.3 is 0 Å². The highest BCUT2D eigenvalue weighted by Crippen LogP contribution is 2.21. The van der Waals surface area contributed by atoms with Crippen LogP contribution in [0.25, 0.3) is 0 Å². The third-order valence-electron chi connectivity index (χ3n) is 3.73. The normalized spacial score (nSPS) is 23.4. The summed E-state index contributed by atoms with van der Waals surface area (Å²) < 4.78 is 0. The van der Waals surface area contributed by atoms with Gasteiger partial charge in [0.1, 0.15) is 0 Å². The van der Waals surface area contributed by atoms with Crippen molar-refractivity contribution in [2.45, 2.75) is 38.1 Å². The van der Waals surface area contributed by atoms with Crippen molar-refractivity contribution in [1.29, 1.82) is 0 Å².